The predicted molar refractivity (Wildman–Crippen MR) is 104 cm³/mol. The zero-order valence-corrected chi connectivity index (χ0v) is 16.3. The number of anilines is 1. The first-order valence-corrected chi connectivity index (χ1v) is 8.80. The van der Waals surface area contributed by atoms with Crippen LogP contribution in [-0.4, -0.2) is 19.1 Å². The number of methoxy groups -OCH3 is 1. The Morgan fingerprint density at radius 3 is 2.32 bits per heavy atom. The van der Waals surface area contributed by atoms with Crippen LogP contribution in [0.15, 0.2) is 36.4 Å². The Hall–Kier alpha value is -1.46. The number of carbonyl (C=O) groups is 1. The number of rotatable bonds is 6. The van der Waals surface area contributed by atoms with Gasteiger partial charge in [-0.1, -0.05) is 40.9 Å². The Kier molecular flexibility index (Phi) is 6.96. The van der Waals surface area contributed by atoms with Crippen molar-refractivity contribution in [1.29, 1.82) is 0 Å². The number of amides is 1. The van der Waals surface area contributed by atoms with Gasteiger partial charge in [-0.2, -0.15) is 0 Å². The van der Waals surface area contributed by atoms with Crippen molar-refractivity contribution in [3.05, 3.63) is 57.0 Å². The molecule has 0 aliphatic rings. The highest BCUT2D eigenvalue weighted by Gasteiger charge is 2.19. The second kappa shape index (κ2) is 8.77. The number of hydrogen-bond donors (Lipinski definition) is 2. The fourth-order valence-corrected chi connectivity index (χ4v) is 3.16. The minimum absolute atomic E-state index is 0.133. The quantitative estimate of drug-likeness (QED) is 0.687. The topological polar surface area (TPSA) is 50.4 Å². The predicted octanol–water partition coefficient (Wildman–Crippen LogP) is 5.33. The minimum atomic E-state index is -0.467. The zero-order valence-electron chi connectivity index (χ0n) is 14.1. The maximum Gasteiger partial charge on any atom is 0.241 e. The van der Waals surface area contributed by atoms with Crippen LogP contribution in [0.3, 0.4) is 0 Å². The number of carbonyl (C=O) groups excluding carboxylic acids is 1. The summed E-state index contributed by atoms with van der Waals surface area (Å²) in [4.78, 5) is 12.5. The number of benzene rings is 2. The van der Waals surface area contributed by atoms with Crippen molar-refractivity contribution in [2.24, 2.45) is 0 Å². The highest BCUT2D eigenvalue weighted by molar-refractivity contribution is 6.35. The van der Waals surface area contributed by atoms with Gasteiger partial charge in [0.2, 0.25) is 5.91 Å². The Morgan fingerprint density at radius 1 is 1.04 bits per heavy atom. The van der Waals surface area contributed by atoms with Crippen LogP contribution in [-0.2, 0) is 4.79 Å². The Bertz CT molecular complexity index is 768. The molecule has 0 saturated carbocycles. The van der Waals surface area contributed by atoms with Gasteiger partial charge < -0.3 is 10.1 Å². The van der Waals surface area contributed by atoms with E-state index in [1.165, 1.54) is 7.11 Å². The molecule has 0 saturated heterocycles. The molecule has 2 rings (SSSR count). The first kappa shape index (κ1) is 19.9. The molecule has 2 N–H and O–H groups in total. The summed E-state index contributed by atoms with van der Waals surface area (Å²) in [6.07, 6.45) is 0. The van der Waals surface area contributed by atoms with Crippen LogP contribution in [0.4, 0.5) is 5.69 Å². The Labute approximate surface area is 162 Å². The molecule has 0 radical (unpaired) electrons. The Balaban J connectivity index is 2.06. The van der Waals surface area contributed by atoms with E-state index in [-0.39, 0.29) is 11.9 Å². The average Bonchev–Trinajstić information content (AvgIpc) is 2.54. The van der Waals surface area contributed by atoms with Crippen LogP contribution >= 0.6 is 34.8 Å². The van der Waals surface area contributed by atoms with Gasteiger partial charge in [-0.25, -0.2) is 0 Å². The van der Waals surface area contributed by atoms with Crippen molar-refractivity contribution in [1.82, 2.24) is 5.32 Å². The maximum absolute atomic E-state index is 12.5. The lowest BCUT2D eigenvalue weighted by atomic mass is 10.1. The molecule has 0 fully saturated rings. The van der Waals surface area contributed by atoms with Gasteiger partial charge in [-0.3, -0.25) is 10.1 Å². The molecule has 0 heterocycles. The van der Waals surface area contributed by atoms with Crippen LogP contribution < -0.4 is 15.4 Å². The molecule has 0 aliphatic heterocycles. The number of hydrogen-bond acceptors (Lipinski definition) is 3. The van der Waals surface area contributed by atoms with E-state index in [4.69, 9.17) is 39.5 Å². The first-order valence-electron chi connectivity index (χ1n) is 7.67. The second-order valence-corrected chi connectivity index (χ2v) is 6.89. The van der Waals surface area contributed by atoms with Crippen LogP contribution in [0.1, 0.15) is 25.5 Å². The summed E-state index contributed by atoms with van der Waals surface area (Å²) in [5.74, 6) is 0.330. The van der Waals surface area contributed by atoms with Crippen LogP contribution in [0.2, 0.25) is 15.1 Å². The smallest absolute Gasteiger partial charge is 0.241 e. The molecule has 7 heteroatoms. The van der Waals surface area contributed by atoms with Crippen LogP contribution in [0.25, 0.3) is 0 Å². The van der Waals surface area contributed by atoms with Crippen molar-refractivity contribution < 1.29 is 9.53 Å². The molecule has 0 spiro atoms. The van der Waals surface area contributed by atoms with Gasteiger partial charge in [0.15, 0.2) is 0 Å². The first-order chi connectivity index (χ1) is 11.8. The zero-order chi connectivity index (χ0) is 18.6. The molecule has 0 unspecified atom stereocenters. The summed E-state index contributed by atoms with van der Waals surface area (Å²) in [5.41, 5.74) is 1.39. The Morgan fingerprint density at radius 2 is 1.68 bits per heavy atom. The fourth-order valence-electron chi connectivity index (χ4n) is 2.41. The molecule has 0 aliphatic carbocycles. The summed E-state index contributed by atoms with van der Waals surface area (Å²) in [6.45, 7) is 3.70. The van der Waals surface area contributed by atoms with E-state index >= 15 is 0 Å². The molecule has 2 atom stereocenters. The molecule has 2 aromatic carbocycles. The monoisotopic (exact) mass is 400 g/mol. The highest BCUT2D eigenvalue weighted by Crippen LogP contribution is 2.28. The van der Waals surface area contributed by atoms with Gasteiger partial charge in [-0.05, 0) is 49.7 Å². The summed E-state index contributed by atoms with van der Waals surface area (Å²) in [5, 5.41) is 7.67. The third-order valence-corrected chi connectivity index (χ3v) is 4.54. The third-order valence-electron chi connectivity index (χ3n) is 3.74. The standard InChI is InChI=1S/C18H19Cl3N2O2/c1-10(14-6-4-12(19)8-15(14)21)22-11(2)18(24)23-16-9-13(20)5-7-17(16)25-3/h4-11,22H,1-3H3,(H,23,24)/t10-,11+/m1/s1. The average molecular weight is 402 g/mol. The third kappa shape index (κ3) is 5.25. The van der Waals surface area contributed by atoms with E-state index in [1.54, 1.807) is 37.3 Å². The van der Waals surface area contributed by atoms with Crippen molar-refractivity contribution in [2.45, 2.75) is 25.9 Å². The van der Waals surface area contributed by atoms with Crippen molar-refractivity contribution in [3.63, 3.8) is 0 Å². The fraction of sp³-hybridized carbons (Fsp3) is 0.278. The normalized spacial score (nSPS) is 13.2. The number of ether oxygens (including phenoxy) is 1. The lowest BCUT2D eigenvalue weighted by Gasteiger charge is -2.21. The molecule has 2 aromatic rings. The summed E-state index contributed by atoms with van der Waals surface area (Å²) in [6, 6.07) is 9.73. The van der Waals surface area contributed by atoms with Crippen molar-refractivity contribution >= 4 is 46.4 Å². The molecule has 25 heavy (non-hydrogen) atoms. The molecular weight excluding hydrogens is 383 g/mol. The SMILES string of the molecule is COc1ccc(Cl)cc1NC(=O)[C@H](C)N[C@H](C)c1ccc(Cl)cc1Cl. The largest absolute Gasteiger partial charge is 0.495 e. The lowest BCUT2D eigenvalue weighted by molar-refractivity contribution is -0.117. The second-order valence-electron chi connectivity index (χ2n) is 5.61. The van der Waals surface area contributed by atoms with Crippen molar-refractivity contribution in [3.8, 4) is 5.75 Å². The van der Waals surface area contributed by atoms with E-state index in [1.807, 2.05) is 13.0 Å². The molecule has 4 nitrogen and oxygen atoms in total. The number of nitrogens with one attached hydrogen (secondary N) is 2. The van der Waals surface area contributed by atoms with Gasteiger partial charge in [0, 0.05) is 21.1 Å². The van der Waals surface area contributed by atoms with E-state index in [9.17, 15) is 4.79 Å². The van der Waals surface area contributed by atoms with E-state index in [0.29, 0.717) is 26.5 Å². The molecule has 0 bridgehead atoms. The lowest BCUT2D eigenvalue weighted by Crippen LogP contribution is -2.39. The van der Waals surface area contributed by atoms with Gasteiger partial charge in [-0.15, -0.1) is 0 Å². The summed E-state index contributed by atoms with van der Waals surface area (Å²) in [7, 11) is 1.53. The van der Waals surface area contributed by atoms with Crippen LogP contribution in [0.5, 0.6) is 5.75 Å². The van der Waals surface area contributed by atoms with Crippen molar-refractivity contribution in [2.75, 3.05) is 12.4 Å². The molecule has 0 aromatic heterocycles. The minimum Gasteiger partial charge on any atom is -0.495 e. The van der Waals surface area contributed by atoms with Gasteiger partial charge in [0.1, 0.15) is 5.75 Å². The summed E-state index contributed by atoms with van der Waals surface area (Å²) >= 11 is 18.1. The highest BCUT2D eigenvalue weighted by atomic mass is 35.5. The maximum atomic E-state index is 12.5. The van der Waals surface area contributed by atoms with E-state index in [2.05, 4.69) is 10.6 Å². The number of halogens is 3. The van der Waals surface area contributed by atoms with E-state index < -0.39 is 6.04 Å². The van der Waals surface area contributed by atoms with Crippen LogP contribution in [0, 0.1) is 0 Å². The summed E-state index contributed by atoms with van der Waals surface area (Å²) < 4.78 is 5.23. The molecule has 1 amide bonds. The van der Waals surface area contributed by atoms with Gasteiger partial charge >= 0.3 is 0 Å². The van der Waals surface area contributed by atoms with Gasteiger partial charge in [0.05, 0.1) is 18.8 Å². The molecular formula is C18H19Cl3N2O2. The van der Waals surface area contributed by atoms with E-state index in [0.717, 1.165) is 5.56 Å². The van der Waals surface area contributed by atoms with Gasteiger partial charge in [0.25, 0.3) is 0 Å². The molecule has 134 valence electrons.